The molecular weight excluding hydrogens is 366 g/mol. The van der Waals surface area contributed by atoms with E-state index < -0.39 is 0 Å². The van der Waals surface area contributed by atoms with Gasteiger partial charge in [0, 0.05) is 31.8 Å². The van der Waals surface area contributed by atoms with E-state index in [1.165, 1.54) is 22.3 Å². The summed E-state index contributed by atoms with van der Waals surface area (Å²) >= 11 is 1.60. The van der Waals surface area contributed by atoms with Crippen molar-refractivity contribution in [1.82, 2.24) is 14.9 Å². The molecule has 3 aromatic rings. The first-order valence-corrected chi connectivity index (χ1v) is 10.6. The first-order chi connectivity index (χ1) is 13.6. The van der Waals surface area contributed by atoms with Crippen LogP contribution < -0.4 is 5.56 Å². The summed E-state index contributed by atoms with van der Waals surface area (Å²) in [5.41, 5.74) is 6.90. The Hall–Kier alpha value is -2.37. The molecule has 1 aliphatic heterocycles. The molecule has 0 aliphatic carbocycles. The van der Waals surface area contributed by atoms with Gasteiger partial charge in [-0.3, -0.25) is 9.69 Å². The molecule has 0 spiro atoms. The summed E-state index contributed by atoms with van der Waals surface area (Å²) in [7, 11) is 0. The number of benzene rings is 2. The zero-order chi connectivity index (χ0) is 19.5. The van der Waals surface area contributed by atoms with Gasteiger partial charge in [-0.15, -0.1) is 0 Å². The predicted molar refractivity (Wildman–Crippen MR) is 115 cm³/mol. The fourth-order valence-electron chi connectivity index (χ4n) is 3.55. The third kappa shape index (κ3) is 4.37. The van der Waals surface area contributed by atoms with Gasteiger partial charge in [-0.1, -0.05) is 60.3 Å². The van der Waals surface area contributed by atoms with Crippen molar-refractivity contribution >= 4 is 11.8 Å². The summed E-state index contributed by atoms with van der Waals surface area (Å²) in [5.74, 6) is 0.809. The van der Waals surface area contributed by atoms with Gasteiger partial charge < -0.3 is 4.98 Å². The summed E-state index contributed by atoms with van der Waals surface area (Å²) in [4.78, 5) is 22.7. The molecule has 1 N–H and O–H groups in total. The van der Waals surface area contributed by atoms with Crippen molar-refractivity contribution in [3.05, 3.63) is 92.4 Å². The molecule has 0 radical (unpaired) electrons. The number of nitrogens with one attached hydrogen (secondary N) is 1. The fraction of sp³-hybridized carbons (Fsp3) is 0.304. The molecule has 4 nitrogen and oxygen atoms in total. The van der Waals surface area contributed by atoms with Crippen molar-refractivity contribution in [2.24, 2.45) is 0 Å². The SMILES string of the molecule is Cc1ccc(CSc2nc3c(c(=O)[nH]2)CN(Cc2ccccc2)CC3)cc1C. The van der Waals surface area contributed by atoms with E-state index in [-0.39, 0.29) is 5.56 Å². The van der Waals surface area contributed by atoms with Crippen LogP contribution in [0.3, 0.4) is 0 Å². The topological polar surface area (TPSA) is 49.0 Å². The molecule has 0 saturated heterocycles. The Bertz CT molecular complexity index is 1030. The Morgan fingerprint density at radius 2 is 1.89 bits per heavy atom. The van der Waals surface area contributed by atoms with Crippen LogP contribution in [0.4, 0.5) is 0 Å². The van der Waals surface area contributed by atoms with Crippen molar-refractivity contribution in [3.63, 3.8) is 0 Å². The standard InChI is InChI=1S/C23H25N3OS/c1-16-8-9-19(12-17(16)2)15-28-23-24-21-10-11-26(14-20(21)22(27)25-23)13-18-6-4-3-5-7-18/h3-9,12H,10-11,13-15H2,1-2H3,(H,24,25,27). The summed E-state index contributed by atoms with van der Waals surface area (Å²) < 4.78 is 0. The third-order valence-corrected chi connectivity index (χ3v) is 6.27. The van der Waals surface area contributed by atoms with E-state index in [9.17, 15) is 4.79 Å². The third-order valence-electron chi connectivity index (χ3n) is 5.32. The second-order valence-corrected chi connectivity index (χ2v) is 8.41. The predicted octanol–water partition coefficient (Wildman–Crippen LogP) is 4.24. The molecule has 144 valence electrons. The molecule has 1 aromatic heterocycles. The van der Waals surface area contributed by atoms with E-state index >= 15 is 0 Å². The summed E-state index contributed by atoms with van der Waals surface area (Å²) in [6.45, 7) is 6.71. The molecule has 0 saturated carbocycles. The average molecular weight is 392 g/mol. The molecule has 4 rings (SSSR count). The van der Waals surface area contributed by atoms with Crippen LogP contribution in [0.5, 0.6) is 0 Å². The fourth-order valence-corrected chi connectivity index (χ4v) is 4.37. The number of aryl methyl sites for hydroxylation is 2. The molecule has 5 heteroatoms. The Balaban J connectivity index is 1.45. The molecule has 0 atom stereocenters. The van der Waals surface area contributed by atoms with Crippen LogP contribution in [-0.4, -0.2) is 21.4 Å². The van der Waals surface area contributed by atoms with Gasteiger partial charge in [0.15, 0.2) is 5.16 Å². The Morgan fingerprint density at radius 1 is 1.07 bits per heavy atom. The smallest absolute Gasteiger partial charge is 0.256 e. The van der Waals surface area contributed by atoms with E-state index in [0.29, 0.717) is 6.54 Å². The highest BCUT2D eigenvalue weighted by atomic mass is 32.2. The minimum absolute atomic E-state index is 0.00495. The van der Waals surface area contributed by atoms with E-state index in [0.717, 1.165) is 41.7 Å². The number of aromatic nitrogens is 2. The number of hydrogen-bond acceptors (Lipinski definition) is 4. The lowest BCUT2D eigenvalue weighted by atomic mass is 10.1. The second kappa shape index (κ2) is 8.33. The lowest BCUT2D eigenvalue weighted by molar-refractivity contribution is 0.241. The van der Waals surface area contributed by atoms with Crippen LogP contribution in [-0.2, 0) is 25.3 Å². The average Bonchev–Trinajstić information content (AvgIpc) is 2.70. The van der Waals surface area contributed by atoms with Gasteiger partial charge in [-0.2, -0.15) is 0 Å². The van der Waals surface area contributed by atoms with Crippen molar-refractivity contribution in [2.45, 2.75) is 44.3 Å². The number of aromatic amines is 1. The summed E-state index contributed by atoms with van der Waals surface area (Å²) in [5, 5.41) is 0.721. The van der Waals surface area contributed by atoms with Crippen molar-refractivity contribution in [3.8, 4) is 0 Å². The molecule has 2 heterocycles. The van der Waals surface area contributed by atoms with Crippen LogP contribution in [0.15, 0.2) is 58.5 Å². The zero-order valence-electron chi connectivity index (χ0n) is 16.4. The molecule has 0 bridgehead atoms. The molecular formula is C23H25N3OS. The minimum atomic E-state index is 0.00495. The van der Waals surface area contributed by atoms with E-state index in [1.54, 1.807) is 11.8 Å². The van der Waals surface area contributed by atoms with E-state index in [4.69, 9.17) is 4.98 Å². The van der Waals surface area contributed by atoms with E-state index in [1.807, 2.05) is 6.07 Å². The van der Waals surface area contributed by atoms with Crippen LogP contribution in [0.2, 0.25) is 0 Å². The number of fused-ring (bicyclic) bond motifs is 1. The van der Waals surface area contributed by atoms with Crippen molar-refractivity contribution < 1.29 is 0 Å². The lowest BCUT2D eigenvalue weighted by Crippen LogP contribution is -2.35. The second-order valence-electron chi connectivity index (χ2n) is 7.45. The quantitative estimate of drug-likeness (QED) is 0.522. The van der Waals surface area contributed by atoms with Crippen molar-refractivity contribution in [2.75, 3.05) is 6.54 Å². The van der Waals surface area contributed by atoms with Crippen LogP contribution in [0.1, 0.15) is 33.5 Å². The van der Waals surface area contributed by atoms with Gasteiger partial charge in [-0.25, -0.2) is 4.98 Å². The first-order valence-electron chi connectivity index (χ1n) is 9.66. The Labute approximate surface area is 170 Å². The molecule has 0 amide bonds. The van der Waals surface area contributed by atoms with Gasteiger partial charge >= 0.3 is 0 Å². The number of thioether (sulfide) groups is 1. The highest BCUT2D eigenvalue weighted by Gasteiger charge is 2.21. The summed E-state index contributed by atoms with van der Waals surface area (Å²) in [6, 6.07) is 16.9. The number of rotatable bonds is 5. The number of nitrogens with zero attached hydrogens (tertiary/aromatic N) is 2. The van der Waals surface area contributed by atoms with Gasteiger partial charge in [0.05, 0.1) is 11.3 Å². The van der Waals surface area contributed by atoms with Crippen LogP contribution in [0.25, 0.3) is 0 Å². The highest BCUT2D eigenvalue weighted by Crippen LogP contribution is 2.23. The molecule has 1 aliphatic rings. The van der Waals surface area contributed by atoms with Gasteiger partial charge in [-0.05, 0) is 36.1 Å². The molecule has 2 aromatic carbocycles. The Kier molecular flexibility index (Phi) is 5.64. The summed E-state index contributed by atoms with van der Waals surface area (Å²) in [6.07, 6.45) is 0.823. The molecule has 0 fully saturated rings. The maximum atomic E-state index is 12.7. The number of H-pyrrole nitrogens is 1. The maximum Gasteiger partial charge on any atom is 0.256 e. The minimum Gasteiger partial charge on any atom is -0.301 e. The monoisotopic (exact) mass is 391 g/mol. The van der Waals surface area contributed by atoms with E-state index in [2.05, 4.69) is 66.2 Å². The zero-order valence-corrected chi connectivity index (χ0v) is 17.2. The normalized spacial score (nSPS) is 14.1. The largest absolute Gasteiger partial charge is 0.301 e. The highest BCUT2D eigenvalue weighted by molar-refractivity contribution is 7.98. The van der Waals surface area contributed by atoms with Gasteiger partial charge in [0.25, 0.3) is 5.56 Å². The van der Waals surface area contributed by atoms with Gasteiger partial charge in [0.2, 0.25) is 0 Å². The lowest BCUT2D eigenvalue weighted by Gasteiger charge is -2.27. The maximum absolute atomic E-state index is 12.7. The Morgan fingerprint density at radius 3 is 2.68 bits per heavy atom. The molecule has 0 unspecified atom stereocenters. The van der Waals surface area contributed by atoms with Crippen molar-refractivity contribution in [1.29, 1.82) is 0 Å². The molecule has 28 heavy (non-hydrogen) atoms. The van der Waals surface area contributed by atoms with Crippen LogP contribution in [0, 0.1) is 13.8 Å². The van der Waals surface area contributed by atoms with Crippen LogP contribution >= 0.6 is 11.8 Å². The van der Waals surface area contributed by atoms with Gasteiger partial charge in [0.1, 0.15) is 0 Å². The number of hydrogen-bond donors (Lipinski definition) is 1. The first kappa shape index (κ1) is 19.0.